The fourth-order valence-corrected chi connectivity index (χ4v) is 2.88. The van der Waals surface area contributed by atoms with E-state index in [2.05, 4.69) is 6.92 Å². The first kappa shape index (κ1) is 15.5. The number of benzene rings is 1. The summed E-state index contributed by atoms with van der Waals surface area (Å²) in [5.74, 6) is -0.375. The van der Waals surface area contributed by atoms with Gasteiger partial charge in [-0.2, -0.15) is 0 Å². The molecular formula is C17H23NO3. The highest BCUT2D eigenvalue weighted by molar-refractivity contribution is 5.94. The maximum absolute atomic E-state index is 12.5. The van der Waals surface area contributed by atoms with Crippen molar-refractivity contribution < 1.29 is 14.7 Å². The molecule has 4 heteroatoms. The first-order chi connectivity index (χ1) is 10.1. The van der Waals surface area contributed by atoms with Crippen molar-refractivity contribution in [3.8, 4) is 0 Å². The van der Waals surface area contributed by atoms with Crippen LogP contribution in [0.3, 0.4) is 0 Å². The van der Waals surface area contributed by atoms with Crippen molar-refractivity contribution in [2.24, 2.45) is 5.92 Å². The van der Waals surface area contributed by atoms with Gasteiger partial charge in [-0.15, -0.1) is 0 Å². The maximum atomic E-state index is 12.5. The van der Waals surface area contributed by atoms with Gasteiger partial charge in [0.1, 0.15) is 0 Å². The van der Waals surface area contributed by atoms with Crippen LogP contribution in [0.2, 0.25) is 0 Å². The van der Waals surface area contributed by atoms with Crippen LogP contribution in [0.4, 0.5) is 0 Å². The zero-order valence-electron chi connectivity index (χ0n) is 12.5. The minimum atomic E-state index is -0.756. The van der Waals surface area contributed by atoms with Gasteiger partial charge in [-0.25, -0.2) is 0 Å². The molecule has 1 aromatic carbocycles. The number of amides is 1. The van der Waals surface area contributed by atoms with Crippen molar-refractivity contribution >= 4 is 11.9 Å². The van der Waals surface area contributed by atoms with Gasteiger partial charge in [0.05, 0.1) is 0 Å². The molecule has 1 aliphatic heterocycles. The van der Waals surface area contributed by atoms with Crippen molar-refractivity contribution in [1.29, 1.82) is 0 Å². The first-order valence-electron chi connectivity index (χ1n) is 7.70. The molecule has 4 nitrogen and oxygen atoms in total. The lowest BCUT2D eigenvalue weighted by Gasteiger charge is -2.32. The Morgan fingerprint density at radius 3 is 2.62 bits per heavy atom. The smallest absolute Gasteiger partial charge is 0.303 e. The molecule has 1 aromatic rings. The summed E-state index contributed by atoms with van der Waals surface area (Å²) in [4.78, 5) is 25.0. The molecule has 0 aliphatic carbocycles. The number of aryl methyl sites for hydroxylation is 1. The van der Waals surface area contributed by atoms with Crippen molar-refractivity contribution in [1.82, 2.24) is 4.90 Å². The summed E-state index contributed by atoms with van der Waals surface area (Å²) < 4.78 is 0. The van der Waals surface area contributed by atoms with Gasteiger partial charge in [-0.3, -0.25) is 9.59 Å². The van der Waals surface area contributed by atoms with E-state index in [1.165, 1.54) is 5.56 Å². The van der Waals surface area contributed by atoms with Gasteiger partial charge in [0.25, 0.3) is 5.91 Å². The van der Waals surface area contributed by atoms with Gasteiger partial charge in [0.15, 0.2) is 0 Å². The van der Waals surface area contributed by atoms with Crippen LogP contribution in [-0.2, 0) is 11.2 Å². The number of carbonyl (C=O) groups excluding carboxylic acids is 1. The number of piperidine rings is 1. The Kier molecular flexibility index (Phi) is 5.37. The lowest BCUT2D eigenvalue weighted by atomic mass is 9.93. The molecule has 0 aromatic heterocycles. The highest BCUT2D eigenvalue weighted by atomic mass is 16.4. The Morgan fingerprint density at radius 2 is 2.00 bits per heavy atom. The fraction of sp³-hybridized carbons (Fsp3) is 0.529. The number of rotatable bonds is 5. The molecule has 0 saturated carbocycles. The van der Waals surface area contributed by atoms with E-state index in [1.807, 2.05) is 29.2 Å². The Labute approximate surface area is 125 Å². The van der Waals surface area contributed by atoms with Gasteiger partial charge in [-0.05, 0) is 49.3 Å². The van der Waals surface area contributed by atoms with Crippen LogP contribution in [0.25, 0.3) is 0 Å². The summed E-state index contributed by atoms with van der Waals surface area (Å²) in [7, 11) is 0. The predicted octanol–water partition coefficient (Wildman–Crippen LogP) is 2.97. The third-order valence-electron chi connectivity index (χ3n) is 4.18. The zero-order valence-corrected chi connectivity index (χ0v) is 12.5. The Hall–Kier alpha value is -1.84. The van der Waals surface area contributed by atoms with E-state index in [1.54, 1.807) is 0 Å². The number of carboxylic acid groups (broad SMARTS) is 1. The largest absolute Gasteiger partial charge is 0.481 e. The number of nitrogens with zero attached hydrogens (tertiary/aromatic N) is 1. The molecule has 1 aliphatic rings. The Bertz CT molecular complexity index is 495. The zero-order chi connectivity index (χ0) is 15.2. The molecule has 1 amide bonds. The van der Waals surface area contributed by atoms with Gasteiger partial charge in [-0.1, -0.05) is 19.1 Å². The molecule has 1 heterocycles. The number of hydrogen-bond donors (Lipinski definition) is 1. The van der Waals surface area contributed by atoms with Crippen molar-refractivity contribution in [2.75, 3.05) is 13.1 Å². The maximum Gasteiger partial charge on any atom is 0.303 e. The second-order valence-corrected chi connectivity index (χ2v) is 5.74. The normalized spacial score (nSPS) is 18.5. The molecule has 2 rings (SSSR count). The van der Waals surface area contributed by atoms with E-state index < -0.39 is 5.97 Å². The lowest BCUT2D eigenvalue weighted by Crippen LogP contribution is -2.40. The summed E-state index contributed by atoms with van der Waals surface area (Å²) in [6, 6.07) is 7.78. The van der Waals surface area contributed by atoms with Crippen LogP contribution in [0, 0.1) is 5.92 Å². The van der Waals surface area contributed by atoms with Crippen LogP contribution < -0.4 is 0 Å². The molecule has 0 bridgehead atoms. The summed E-state index contributed by atoms with van der Waals surface area (Å²) in [5.41, 5.74) is 1.95. The van der Waals surface area contributed by atoms with Gasteiger partial charge in [0.2, 0.25) is 0 Å². The van der Waals surface area contributed by atoms with E-state index in [9.17, 15) is 9.59 Å². The van der Waals surface area contributed by atoms with Crippen molar-refractivity contribution in [3.05, 3.63) is 35.4 Å². The highest BCUT2D eigenvalue weighted by Gasteiger charge is 2.24. The molecule has 1 fully saturated rings. The minimum Gasteiger partial charge on any atom is -0.481 e. The molecule has 114 valence electrons. The molecule has 1 atom stereocenters. The van der Waals surface area contributed by atoms with Crippen molar-refractivity contribution in [3.63, 3.8) is 0 Å². The second kappa shape index (κ2) is 7.25. The lowest BCUT2D eigenvalue weighted by molar-refractivity contribution is -0.137. The van der Waals surface area contributed by atoms with Gasteiger partial charge >= 0.3 is 5.97 Å². The Balaban J connectivity index is 1.96. The molecule has 0 radical (unpaired) electrons. The van der Waals surface area contributed by atoms with E-state index >= 15 is 0 Å². The predicted molar refractivity (Wildman–Crippen MR) is 81.3 cm³/mol. The Morgan fingerprint density at radius 1 is 1.29 bits per heavy atom. The summed E-state index contributed by atoms with van der Waals surface area (Å²) in [6.45, 7) is 3.55. The first-order valence-corrected chi connectivity index (χ1v) is 7.70. The minimum absolute atomic E-state index is 0.0673. The van der Waals surface area contributed by atoms with E-state index in [4.69, 9.17) is 5.11 Å². The van der Waals surface area contributed by atoms with E-state index in [0.29, 0.717) is 18.9 Å². The molecule has 1 unspecified atom stereocenters. The van der Waals surface area contributed by atoms with Crippen LogP contribution in [-0.4, -0.2) is 35.0 Å². The van der Waals surface area contributed by atoms with Crippen LogP contribution >= 0.6 is 0 Å². The molecular weight excluding hydrogens is 266 g/mol. The average Bonchev–Trinajstić information content (AvgIpc) is 2.52. The van der Waals surface area contributed by atoms with E-state index in [-0.39, 0.29) is 12.3 Å². The number of aliphatic carboxylic acids is 1. The summed E-state index contributed by atoms with van der Waals surface area (Å²) in [6.07, 6.45) is 3.80. The molecule has 0 spiro atoms. The highest BCUT2D eigenvalue weighted by Crippen LogP contribution is 2.22. The fourth-order valence-electron chi connectivity index (χ4n) is 2.88. The number of carbonyl (C=O) groups is 2. The van der Waals surface area contributed by atoms with E-state index in [0.717, 1.165) is 31.4 Å². The third kappa shape index (κ3) is 4.31. The molecule has 1 saturated heterocycles. The average molecular weight is 289 g/mol. The SMILES string of the molecule is CCc1ccc(C(=O)N2CCCC(CCC(=O)O)C2)cc1. The van der Waals surface area contributed by atoms with Crippen LogP contribution in [0.1, 0.15) is 48.5 Å². The molecule has 21 heavy (non-hydrogen) atoms. The number of carboxylic acids is 1. The third-order valence-corrected chi connectivity index (χ3v) is 4.18. The van der Waals surface area contributed by atoms with Crippen molar-refractivity contribution in [2.45, 2.75) is 39.0 Å². The van der Waals surface area contributed by atoms with Crippen LogP contribution in [0.5, 0.6) is 0 Å². The monoisotopic (exact) mass is 289 g/mol. The topological polar surface area (TPSA) is 57.6 Å². The van der Waals surface area contributed by atoms with Gasteiger partial charge in [0, 0.05) is 25.1 Å². The summed E-state index contributed by atoms with van der Waals surface area (Å²) >= 11 is 0. The van der Waals surface area contributed by atoms with Gasteiger partial charge < -0.3 is 10.0 Å². The van der Waals surface area contributed by atoms with Crippen LogP contribution in [0.15, 0.2) is 24.3 Å². The number of likely N-dealkylation sites (tertiary alicyclic amines) is 1. The molecule has 1 N–H and O–H groups in total. The summed E-state index contributed by atoms with van der Waals surface area (Å²) in [5, 5.41) is 8.77. The quantitative estimate of drug-likeness (QED) is 0.906. The standard InChI is InChI=1S/C17H23NO3/c1-2-13-5-8-15(9-6-13)17(21)18-11-3-4-14(12-18)7-10-16(19)20/h5-6,8-9,14H,2-4,7,10-12H2,1H3,(H,19,20). The second-order valence-electron chi connectivity index (χ2n) is 5.74. The number of hydrogen-bond acceptors (Lipinski definition) is 2.